The topological polar surface area (TPSA) is 66.5 Å². The summed E-state index contributed by atoms with van der Waals surface area (Å²) in [5.41, 5.74) is 2.06. The Bertz CT molecular complexity index is 1240. The molecule has 8 heteroatoms. The van der Waals surface area contributed by atoms with Crippen LogP contribution < -0.4 is 4.72 Å². The van der Waals surface area contributed by atoms with Gasteiger partial charge in [0.2, 0.25) is 0 Å². The number of nitrogens with one attached hydrogen (secondary N) is 1. The van der Waals surface area contributed by atoms with Crippen molar-refractivity contribution >= 4 is 45.1 Å². The molecule has 0 radical (unpaired) electrons. The third-order valence-electron chi connectivity index (χ3n) is 5.96. The number of rotatable bonds is 8. The normalized spacial score (nSPS) is 14.4. The van der Waals surface area contributed by atoms with Gasteiger partial charge in [0.1, 0.15) is 0 Å². The average Bonchev–Trinajstić information content (AvgIpc) is 3.18. The van der Waals surface area contributed by atoms with Crippen LogP contribution in [-0.2, 0) is 15.8 Å². The molecule has 4 rings (SSSR count). The van der Waals surface area contributed by atoms with Crippen molar-refractivity contribution in [3.8, 4) is 0 Å². The number of likely N-dealkylation sites (tertiary alicyclic amines) is 1. The van der Waals surface area contributed by atoms with Crippen molar-refractivity contribution < 1.29 is 13.2 Å². The fourth-order valence-corrected chi connectivity index (χ4v) is 6.56. The molecule has 0 bridgehead atoms. The van der Waals surface area contributed by atoms with Gasteiger partial charge in [-0.1, -0.05) is 43.2 Å². The fraction of sp³-hybridized carbons (Fsp3) is 0.296. The van der Waals surface area contributed by atoms with Crippen LogP contribution in [-0.4, -0.2) is 38.6 Å². The largest absolute Gasteiger partial charge is 0.339 e. The molecule has 3 aromatic rings. The van der Waals surface area contributed by atoms with Crippen molar-refractivity contribution in [2.75, 3.05) is 24.1 Å². The van der Waals surface area contributed by atoms with Gasteiger partial charge in [-0.2, -0.15) is 0 Å². The lowest BCUT2D eigenvalue weighted by molar-refractivity contribution is 0.0758. The molecule has 0 spiro atoms. The Morgan fingerprint density at radius 1 is 0.914 bits per heavy atom. The highest BCUT2D eigenvalue weighted by molar-refractivity contribution is 7.98. The standard InChI is InChI=1S/C27H30N2O3S3/c1-33-26-16-15-24(19-25(26)27(30)29-17-7-2-3-8-18-29)35(31,32)28-22-13-11-21(12-14-22)20-34-23-9-5-4-6-10-23/h4-6,9-16,19,28H,2-3,7-8,17-18,20H2,1H3. The third-order valence-corrected chi connectivity index (χ3v) is 9.22. The predicted molar refractivity (Wildman–Crippen MR) is 146 cm³/mol. The van der Waals surface area contributed by atoms with E-state index in [1.807, 2.05) is 41.5 Å². The lowest BCUT2D eigenvalue weighted by atomic mass is 10.2. The van der Waals surface area contributed by atoms with E-state index in [9.17, 15) is 13.2 Å². The Balaban J connectivity index is 1.48. The number of hydrogen-bond acceptors (Lipinski definition) is 5. The SMILES string of the molecule is CSc1ccc(S(=O)(=O)Nc2ccc(CSc3ccccc3)cc2)cc1C(=O)N1CCCCCC1. The summed E-state index contributed by atoms with van der Waals surface area (Å²) < 4.78 is 29.0. The van der Waals surface area contributed by atoms with Crippen LogP contribution in [0.1, 0.15) is 41.6 Å². The molecule has 1 N–H and O–H groups in total. The minimum Gasteiger partial charge on any atom is -0.339 e. The Labute approximate surface area is 216 Å². The molecule has 0 unspecified atom stereocenters. The van der Waals surface area contributed by atoms with Crippen molar-refractivity contribution in [3.63, 3.8) is 0 Å². The van der Waals surface area contributed by atoms with Crippen LogP contribution in [0.15, 0.2) is 87.5 Å². The maximum Gasteiger partial charge on any atom is 0.261 e. The van der Waals surface area contributed by atoms with Gasteiger partial charge in [-0.3, -0.25) is 9.52 Å². The molecule has 1 aliphatic heterocycles. The Morgan fingerprint density at radius 2 is 1.60 bits per heavy atom. The molecule has 3 aromatic carbocycles. The highest BCUT2D eigenvalue weighted by atomic mass is 32.2. The number of anilines is 1. The van der Waals surface area contributed by atoms with Gasteiger partial charge in [0.05, 0.1) is 10.5 Å². The van der Waals surface area contributed by atoms with E-state index in [-0.39, 0.29) is 10.8 Å². The molecule has 0 aromatic heterocycles. The second-order valence-corrected chi connectivity index (χ2v) is 12.1. The monoisotopic (exact) mass is 526 g/mol. The lowest BCUT2D eigenvalue weighted by Gasteiger charge is -2.22. The highest BCUT2D eigenvalue weighted by Crippen LogP contribution is 2.28. The van der Waals surface area contributed by atoms with Gasteiger partial charge in [-0.25, -0.2) is 8.42 Å². The second kappa shape index (κ2) is 12.0. The first-order valence-electron chi connectivity index (χ1n) is 11.7. The maximum atomic E-state index is 13.3. The van der Waals surface area contributed by atoms with Crippen molar-refractivity contribution in [2.45, 2.75) is 46.1 Å². The zero-order valence-electron chi connectivity index (χ0n) is 19.8. The van der Waals surface area contributed by atoms with Crippen molar-refractivity contribution in [1.29, 1.82) is 0 Å². The van der Waals surface area contributed by atoms with Crippen molar-refractivity contribution in [1.82, 2.24) is 4.90 Å². The van der Waals surface area contributed by atoms with E-state index in [2.05, 4.69) is 16.9 Å². The van der Waals surface area contributed by atoms with Gasteiger partial charge in [0.15, 0.2) is 0 Å². The number of hydrogen-bond donors (Lipinski definition) is 1. The molecule has 184 valence electrons. The molecule has 35 heavy (non-hydrogen) atoms. The van der Waals surface area contributed by atoms with Crippen LogP contribution in [0.25, 0.3) is 0 Å². The summed E-state index contributed by atoms with van der Waals surface area (Å²) in [6.45, 7) is 1.44. The van der Waals surface area contributed by atoms with E-state index in [1.165, 1.54) is 22.7 Å². The Kier molecular flexibility index (Phi) is 8.81. The van der Waals surface area contributed by atoms with Crippen molar-refractivity contribution in [3.05, 3.63) is 83.9 Å². The third kappa shape index (κ3) is 6.84. The Morgan fingerprint density at radius 3 is 2.26 bits per heavy atom. The number of nitrogens with zero attached hydrogens (tertiary/aromatic N) is 1. The lowest BCUT2D eigenvalue weighted by Crippen LogP contribution is -2.32. The molecule has 0 saturated carbocycles. The number of amides is 1. The van der Waals surface area contributed by atoms with E-state index >= 15 is 0 Å². The summed E-state index contributed by atoms with van der Waals surface area (Å²) in [5.74, 6) is 0.711. The molecule has 1 aliphatic rings. The maximum absolute atomic E-state index is 13.3. The number of carbonyl (C=O) groups excluding carboxylic acids is 1. The second-order valence-electron chi connectivity index (χ2n) is 8.47. The van der Waals surface area contributed by atoms with Crippen LogP contribution in [0.2, 0.25) is 0 Å². The van der Waals surface area contributed by atoms with Gasteiger partial charge in [0.25, 0.3) is 15.9 Å². The number of benzene rings is 3. The first-order valence-corrected chi connectivity index (χ1v) is 15.4. The molecule has 0 aliphatic carbocycles. The summed E-state index contributed by atoms with van der Waals surface area (Å²) >= 11 is 3.19. The fourth-order valence-electron chi connectivity index (χ4n) is 4.03. The predicted octanol–water partition coefficient (Wildman–Crippen LogP) is 6.52. The molecule has 1 amide bonds. The molecule has 1 fully saturated rings. The van der Waals surface area contributed by atoms with E-state index < -0.39 is 10.0 Å². The van der Waals surface area contributed by atoms with E-state index in [0.29, 0.717) is 11.3 Å². The minimum atomic E-state index is -3.84. The number of thioether (sulfide) groups is 2. The first-order chi connectivity index (χ1) is 17.0. The van der Waals surface area contributed by atoms with Crippen molar-refractivity contribution in [2.24, 2.45) is 0 Å². The quantitative estimate of drug-likeness (QED) is 0.339. The first kappa shape index (κ1) is 25.7. The Hall–Kier alpha value is -2.42. The van der Waals surface area contributed by atoms with E-state index in [1.54, 1.807) is 36.0 Å². The van der Waals surface area contributed by atoms with E-state index in [4.69, 9.17) is 0 Å². The van der Waals surface area contributed by atoms with Gasteiger partial charge >= 0.3 is 0 Å². The van der Waals surface area contributed by atoms with Crippen LogP contribution in [0.3, 0.4) is 0 Å². The molecular weight excluding hydrogens is 497 g/mol. The van der Waals surface area contributed by atoms with Gasteiger partial charge in [-0.05, 0) is 67.1 Å². The number of sulfonamides is 1. The average molecular weight is 527 g/mol. The molecule has 1 heterocycles. The number of carbonyl (C=O) groups is 1. The van der Waals surface area contributed by atoms with Crippen LogP contribution >= 0.6 is 23.5 Å². The molecule has 0 atom stereocenters. The van der Waals surface area contributed by atoms with Crippen LogP contribution in [0.5, 0.6) is 0 Å². The van der Waals surface area contributed by atoms with Gasteiger partial charge in [0, 0.05) is 34.3 Å². The summed E-state index contributed by atoms with van der Waals surface area (Å²) in [7, 11) is -3.84. The zero-order chi connectivity index (χ0) is 24.7. The summed E-state index contributed by atoms with van der Waals surface area (Å²) in [6.07, 6.45) is 6.13. The smallest absolute Gasteiger partial charge is 0.261 e. The highest BCUT2D eigenvalue weighted by Gasteiger charge is 2.23. The van der Waals surface area contributed by atoms with E-state index in [0.717, 1.165) is 55.0 Å². The minimum absolute atomic E-state index is 0.0893. The van der Waals surface area contributed by atoms with Gasteiger partial charge in [-0.15, -0.1) is 23.5 Å². The summed E-state index contributed by atoms with van der Waals surface area (Å²) in [5, 5.41) is 0. The van der Waals surface area contributed by atoms with Crippen LogP contribution in [0.4, 0.5) is 5.69 Å². The zero-order valence-corrected chi connectivity index (χ0v) is 22.2. The summed E-state index contributed by atoms with van der Waals surface area (Å²) in [4.78, 5) is 17.2. The van der Waals surface area contributed by atoms with Crippen LogP contribution in [0, 0.1) is 0 Å². The molecule has 1 saturated heterocycles. The molecular formula is C27H30N2O3S3. The summed E-state index contributed by atoms with van der Waals surface area (Å²) in [6, 6.07) is 22.4. The molecule has 5 nitrogen and oxygen atoms in total. The van der Waals surface area contributed by atoms with Gasteiger partial charge < -0.3 is 4.90 Å².